The molecule has 0 aliphatic carbocycles. The van der Waals surface area contributed by atoms with E-state index in [1.54, 1.807) is 36.1 Å². The topological polar surface area (TPSA) is 92.8 Å². The van der Waals surface area contributed by atoms with Crippen LogP contribution in [0.25, 0.3) is 0 Å². The number of ketones is 1. The van der Waals surface area contributed by atoms with Crippen LogP contribution in [0.5, 0.6) is 5.75 Å². The first kappa shape index (κ1) is 21.8. The van der Waals surface area contributed by atoms with Gasteiger partial charge in [0.05, 0.1) is 17.2 Å². The normalized spacial score (nSPS) is 15.5. The Hall–Kier alpha value is -2.94. The highest BCUT2D eigenvalue weighted by molar-refractivity contribution is 7.91. The Morgan fingerprint density at radius 1 is 1.10 bits per heavy atom. The maximum absolute atomic E-state index is 14.2. The van der Waals surface area contributed by atoms with E-state index in [0.717, 1.165) is 0 Å². The molecule has 0 bridgehead atoms. The van der Waals surface area contributed by atoms with E-state index >= 15 is 0 Å². The lowest BCUT2D eigenvalue weighted by molar-refractivity contribution is -0.118. The minimum atomic E-state index is -3.08. The van der Waals surface area contributed by atoms with Crippen molar-refractivity contribution >= 4 is 32.9 Å². The molecule has 1 aliphatic rings. The number of rotatable bonds is 7. The molecule has 0 atom stereocenters. The Morgan fingerprint density at radius 2 is 1.77 bits per heavy atom. The van der Waals surface area contributed by atoms with Crippen LogP contribution < -0.4 is 15.0 Å². The van der Waals surface area contributed by atoms with Gasteiger partial charge in [0.1, 0.15) is 11.6 Å². The molecule has 30 heavy (non-hydrogen) atoms. The SMILES string of the molecule is CCC(=O)c1ccc(OCC(=O)Nc2ccc(F)c(N3CCS(=O)(=O)CC3)c2)cc1. The molecular weight excluding hydrogens is 411 g/mol. The molecule has 1 heterocycles. The average Bonchev–Trinajstić information content (AvgIpc) is 2.73. The van der Waals surface area contributed by atoms with Crippen molar-refractivity contribution in [1.29, 1.82) is 0 Å². The summed E-state index contributed by atoms with van der Waals surface area (Å²) in [6, 6.07) is 10.7. The lowest BCUT2D eigenvalue weighted by Crippen LogP contribution is -2.40. The largest absolute Gasteiger partial charge is 0.484 e. The number of sulfone groups is 1. The van der Waals surface area contributed by atoms with Crippen LogP contribution in [0.4, 0.5) is 15.8 Å². The molecule has 9 heteroatoms. The highest BCUT2D eigenvalue weighted by Gasteiger charge is 2.23. The molecule has 2 aromatic rings. The van der Waals surface area contributed by atoms with E-state index in [4.69, 9.17) is 4.74 Å². The minimum absolute atomic E-state index is 0.0257. The zero-order chi connectivity index (χ0) is 21.7. The van der Waals surface area contributed by atoms with Gasteiger partial charge in [-0.1, -0.05) is 6.92 Å². The number of hydrogen-bond donors (Lipinski definition) is 1. The number of carbonyl (C=O) groups is 2. The highest BCUT2D eigenvalue weighted by Crippen LogP contribution is 2.25. The van der Waals surface area contributed by atoms with E-state index in [-0.39, 0.29) is 42.7 Å². The van der Waals surface area contributed by atoms with Crippen LogP contribution in [0.1, 0.15) is 23.7 Å². The fourth-order valence-electron chi connectivity index (χ4n) is 3.07. The summed E-state index contributed by atoms with van der Waals surface area (Å²) in [6.45, 7) is 1.94. The van der Waals surface area contributed by atoms with Crippen molar-refractivity contribution in [3.8, 4) is 5.75 Å². The number of nitrogens with one attached hydrogen (secondary N) is 1. The molecule has 0 radical (unpaired) electrons. The quantitative estimate of drug-likeness (QED) is 0.674. The van der Waals surface area contributed by atoms with Crippen molar-refractivity contribution < 1.29 is 27.1 Å². The van der Waals surface area contributed by atoms with Gasteiger partial charge in [-0.05, 0) is 42.5 Å². The molecule has 1 aliphatic heterocycles. The van der Waals surface area contributed by atoms with Crippen LogP contribution in [0.15, 0.2) is 42.5 Å². The Labute approximate surface area is 174 Å². The van der Waals surface area contributed by atoms with Crippen molar-refractivity contribution in [3.05, 3.63) is 53.8 Å². The Bertz CT molecular complexity index is 1020. The summed E-state index contributed by atoms with van der Waals surface area (Å²) >= 11 is 0. The Balaban J connectivity index is 1.58. The third kappa shape index (κ3) is 5.56. The van der Waals surface area contributed by atoms with Crippen molar-refractivity contribution in [1.82, 2.24) is 0 Å². The molecule has 1 fully saturated rings. The number of nitrogens with zero attached hydrogens (tertiary/aromatic N) is 1. The summed E-state index contributed by atoms with van der Waals surface area (Å²) in [4.78, 5) is 25.5. The zero-order valence-corrected chi connectivity index (χ0v) is 17.4. The first-order chi connectivity index (χ1) is 14.3. The molecule has 1 saturated heterocycles. The van der Waals surface area contributed by atoms with Gasteiger partial charge >= 0.3 is 0 Å². The van der Waals surface area contributed by atoms with Crippen LogP contribution in [0.2, 0.25) is 0 Å². The predicted molar refractivity (Wildman–Crippen MR) is 112 cm³/mol. The van der Waals surface area contributed by atoms with Gasteiger partial charge in [-0.25, -0.2) is 12.8 Å². The summed E-state index contributed by atoms with van der Waals surface area (Å²) in [5.41, 5.74) is 1.22. The molecule has 2 aromatic carbocycles. The zero-order valence-electron chi connectivity index (χ0n) is 16.6. The molecule has 1 amide bonds. The van der Waals surface area contributed by atoms with Gasteiger partial charge in [-0.15, -0.1) is 0 Å². The smallest absolute Gasteiger partial charge is 0.262 e. The highest BCUT2D eigenvalue weighted by atomic mass is 32.2. The van der Waals surface area contributed by atoms with E-state index in [9.17, 15) is 22.4 Å². The fraction of sp³-hybridized carbons (Fsp3) is 0.333. The molecular formula is C21H23FN2O5S. The Kier molecular flexibility index (Phi) is 6.71. The first-order valence-electron chi connectivity index (χ1n) is 9.58. The number of halogens is 1. The second-order valence-corrected chi connectivity index (χ2v) is 9.25. The third-order valence-electron chi connectivity index (χ3n) is 4.78. The Morgan fingerprint density at radius 3 is 2.40 bits per heavy atom. The predicted octanol–water partition coefficient (Wildman–Crippen LogP) is 2.67. The van der Waals surface area contributed by atoms with Crippen LogP contribution in [0.3, 0.4) is 0 Å². The van der Waals surface area contributed by atoms with Crippen LogP contribution in [-0.2, 0) is 14.6 Å². The molecule has 0 unspecified atom stereocenters. The van der Waals surface area contributed by atoms with Gasteiger partial charge < -0.3 is 15.0 Å². The number of Topliss-reactive ketones (excluding diaryl/α,β-unsaturated/α-hetero) is 1. The monoisotopic (exact) mass is 434 g/mol. The standard InChI is InChI=1S/C21H23FN2O5S/c1-2-20(25)15-3-6-17(7-4-15)29-14-21(26)23-16-5-8-18(22)19(13-16)24-9-11-30(27,28)12-10-24/h3-8,13H,2,9-12,14H2,1H3,(H,23,26). The number of benzene rings is 2. The fourth-order valence-corrected chi connectivity index (χ4v) is 4.27. The molecule has 3 rings (SSSR count). The molecule has 7 nitrogen and oxygen atoms in total. The number of anilines is 2. The second-order valence-electron chi connectivity index (χ2n) is 6.94. The molecule has 1 N–H and O–H groups in total. The van der Waals surface area contributed by atoms with E-state index in [2.05, 4.69) is 5.32 Å². The average molecular weight is 434 g/mol. The minimum Gasteiger partial charge on any atom is -0.484 e. The summed E-state index contributed by atoms with van der Waals surface area (Å²) in [5, 5.41) is 2.64. The third-order valence-corrected chi connectivity index (χ3v) is 6.39. The van der Waals surface area contributed by atoms with E-state index in [1.165, 1.54) is 18.2 Å². The lowest BCUT2D eigenvalue weighted by Gasteiger charge is -2.29. The lowest BCUT2D eigenvalue weighted by atomic mass is 10.1. The van der Waals surface area contributed by atoms with Gasteiger partial charge in [0.15, 0.2) is 22.2 Å². The first-order valence-corrected chi connectivity index (χ1v) is 11.4. The molecule has 0 spiro atoms. The van der Waals surface area contributed by atoms with Crippen molar-refractivity contribution in [2.75, 3.05) is 41.4 Å². The summed E-state index contributed by atoms with van der Waals surface area (Å²) in [7, 11) is -3.08. The van der Waals surface area contributed by atoms with E-state index in [0.29, 0.717) is 23.4 Å². The van der Waals surface area contributed by atoms with Gasteiger partial charge in [0, 0.05) is 30.8 Å². The number of ether oxygens (including phenoxy) is 1. The van der Waals surface area contributed by atoms with E-state index < -0.39 is 21.6 Å². The maximum Gasteiger partial charge on any atom is 0.262 e. The van der Waals surface area contributed by atoms with Gasteiger partial charge in [-0.3, -0.25) is 9.59 Å². The van der Waals surface area contributed by atoms with Gasteiger partial charge in [0.2, 0.25) is 0 Å². The van der Waals surface area contributed by atoms with Crippen LogP contribution >= 0.6 is 0 Å². The summed E-state index contributed by atoms with van der Waals surface area (Å²) in [5.74, 6) is -0.489. The molecule has 0 aromatic heterocycles. The van der Waals surface area contributed by atoms with Gasteiger partial charge in [-0.2, -0.15) is 0 Å². The van der Waals surface area contributed by atoms with Crippen molar-refractivity contribution in [3.63, 3.8) is 0 Å². The van der Waals surface area contributed by atoms with Crippen molar-refractivity contribution in [2.24, 2.45) is 0 Å². The maximum atomic E-state index is 14.2. The number of hydrogen-bond acceptors (Lipinski definition) is 6. The summed E-state index contributed by atoms with van der Waals surface area (Å²) in [6.07, 6.45) is 0.412. The van der Waals surface area contributed by atoms with Crippen LogP contribution in [-0.4, -0.2) is 51.3 Å². The number of amides is 1. The summed E-state index contributed by atoms with van der Waals surface area (Å²) < 4.78 is 42.8. The van der Waals surface area contributed by atoms with E-state index in [1.807, 2.05) is 0 Å². The number of carbonyl (C=O) groups excluding carboxylic acids is 2. The molecule has 0 saturated carbocycles. The van der Waals surface area contributed by atoms with Crippen LogP contribution in [0, 0.1) is 5.82 Å². The van der Waals surface area contributed by atoms with Crippen molar-refractivity contribution in [2.45, 2.75) is 13.3 Å². The second kappa shape index (κ2) is 9.25. The van der Waals surface area contributed by atoms with Gasteiger partial charge in [0.25, 0.3) is 5.91 Å². The molecule has 160 valence electrons.